The first-order chi connectivity index (χ1) is 9.33. The molecular formula is C13H20N4O3. The molecule has 0 radical (unpaired) electrons. The van der Waals surface area contributed by atoms with Crippen LogP contribution in [0, 0.1) is 10.1 Å². The molecule has 0 aliphatic rings. The number of benzene rings is 1. The van der Waals surface area contributed by atoms with Gasteiger partial charge in [0.2, 0.25) is 5.91 Å². The van der Waals surface area contributed by atoms with Crippen LogP contribution in [0.15, 0.2) is 18.2 Å². The van der Waals surface area contributed by atoms with Crippen LogP contribution in [0.2, 0.25) is 0 Å². The number of hydrogen-bond donors (Lipinski definition) is 3. The van der Waals surface area contributed by atoms with Gasteiger partial charge in [-0.2, -0.15) is 0 Å². The minimum atomic E-state index is -0.632. The number of nitro benzene ring substituents is 1. The molecule has 1 rings (SSSR count). The van der Waals surface area contributed by atoms with E-state index in [2.05, 4.69) is 5.32 Å². The smallest absolute Gasteiger partial charge is 0.292 e. The van der Waals surface area contributed by atoms with E-state index in [1.54, 1.807) is 0 Å². The predicted octanol–water partition coefficient (Wildman–Crippen LogP) is 1.62. The molecule has 0 atom stereocenters. The van der Waals surface area contributed by atoms with Crippen LogP contribution < -0.4 is 16.8 Å². The van der Waals surface area contributed by atoms with Crippen molar-refractivity contribution in [3.63, 3.8) is 0 Å². The summed E-state index contributed by atoms with van der Waals surface area (Å²) in [6.07, 6.45) is 1.47. The lowest BCUT2D eigenvalue weighted by Crippen LogP contribution is -2.45. The first-order valence-corrected chi connectivity index (χ1v) is 6.44. The average Bonchev–Trinajstić information content (AvgIpc) is 2.44. The van der Waals surface area contributed by atoms with Crippen LogP contribution in [-0.2, 0) is 0 Å². The van der Waals surface area contributed by atoms with Gasteiger partial charge >= 0.3 is 0 Å². The van der Waals surface area contributed by atoms with Crippen molar-refractivity contribution in [3.05, 3.63) is 33.9 Å². The van der Waals surface area contributed by atoms with Crippen LogP contribution in [0.25, 0.3) is 0 Å². The van der Waals surface area contributed by atoms with Crippen molar-refractivity contribution in [2.24, 2.45) is 11.5 Å². The third-order valence-electron chi connectivity index (χ3n) is 3.52. The molecule has 0 unspecified atom stereocenters. The van der Waals surface area contributed by atoms with E-state index < -0.39 is 16.4 Å². The van der Waals surface area contributed by atoms with Crippen LogP contribution >= 0.6 is 0 Å². The summed E-state index contributed by atoms with van der Waals surface area (Å²) in [5, 5.41) is 13.9. The Bertz CT molecular complexity index is 512. The number of rotatable bonds is 7. The summed E-state index contributed by atoms with van der Waals surface area (Å²) in [5.41, 5.74) is 11.2. The van der Waals surface area contributed by atoms with E-state index in [1.165, 1.54) is 18.2 Å². The predicted molar refractivity (Wildman–Crippen MR) is 77.6 cm³/mol. The van der Waals surface area contributed by atoms with Gasteiger partial charge in [-0.1, -0.05) is 13.8 Å². The fourth-order valence-electron chi connectivity index (χ4n) is 1.76. The Hall–Kier alpha value is -2.15. The topological polar surface area (TPSA) is 124 Å². The van der Waals surface area contributed by atoms with E-state index in [1.807, 2.05) is 13.8 Å². The van der Waals surface area contributed by atoms with Crippen molar-refractivity contribution < 1.29 is 9.72 Å². The Morgan fingerprint density at radius 1 is 1.40 bits per heavy atom. The maximum Gasteiger partial charge on any atom is 0.292 e. The Morgan fingerprint density at radius 3 is 2.45 bits per heavy atom. The molecule has 0 bridgehead atoms. The highest BCUT2D eigenvalue weighted by Gasteiger charge is 2.22. The van der Waals surface area contributed by atoms with Gasteiger partial charge in [-0.25, -0.2) is 0 Å². The highest BCUT2D eigenvalue weighted by Crippen LogP contribution is 2.26. The quantitative estimate of drug-likeness (QED) is 0.517. The summed E-state index contributed by atoms with van der Waals surface area (Å²) in [7, 11) is 0. The van der Waals surface area contributed by atoms with Gasteiger partial charge in [0.25, 0.3) is 5.69 Å². The second kappa shape index (κ2) is 6.33. The molecule has 0 fully saturated rings. The van der Waals surface area contributed by atoms with E-state index in [9.17, 15) is 14.9 Å². The lowest BCUT2D eigenvalue weighted by molar-refractivity contribution is -0.384. The van der Waals surface area contributed by atoms with E-state index in [4.69, 9.17) is 11.5 Å². The zero-order chi connectivity index (χ0) is 15.3. The summed E-state index contributed by atoms with van der Waals surface area (Å²) in [6.45, 7) is 4.29. The Morgan fingerprint density at radius 2 is 2.00 bits per heavy atom. The largest absolute Gasteiger partial charge is 0.378 e. The number of carbonyl (C=O) groups is 1. The number of nitrogens with one attached hydrogen (secondary N) is 1. The lowest BCUT2D eigenvalue weighted by atomic mass is 9.94. The van der Waals surface area contributed by atoms with Crippen molar-refractivity contribution in [1.29, 1.82) is 0 Å². The monoisotopic (exact) mass is 280 g/mol. The molecule has 7 nitrogen and oxygen atoms in total. The van der Waals surface area contributed by atoms with Crippen LogP contribution in [-0.4, -0.2) is 22.9 Å². The lowest BCUT2D eigenvalue weighted by Gasteiger charge is -2.27. The SMILES string of the molecule is CCC(N)(CC)CNc1cc(C(N)=O)ccc1[N+](=O)[O-]. The van der Waals surface area contributed by atoms with E-state index in [-0.39, 0.29) is 16.9 Å². The third-order valence-corrected chi connectivity index (χ3v) is 3.52. The summed E-state index contributed by atoms with van der Waals surface area (Å²) >= 11 is 0. The number of hydrogen-bond acceptors (Lipinski definition) is 5. The van der Waals surface area contributed by atoms with Crippen molar-refractivity contribution in [2.75, 3.05) is 11.9 Å². The maximum atomic E-state index is 11.1. The minimum Gasteiger partial charge on any atom is -0.378 e. The first-order valence-electron chi connectivity index (χ1n) is 6.44. The van der Waals surface area contributed by atoms with Gasteiger partial charge in [0, 0.05) is 23.7 Å². The average molecular weight is 280 g/mol. The molecule has 0 aliphatic carbocycles. The fourth-order valence-corrected chi connectivity index (χ4v) is 1.76. The summed E-state index contributed by atoms with van der Waals surface area (Å²) < 4.78 is 0. The zero-order valence-corrected chi connectivity index (χ0v) is 11.7. The minimum absolute atomic E-state index is 0.107. The van der Waals surface area contributed by atoms with Gasteiger partial charge in [0.1, 0.15) is 5.69 Å². The zero-order valence-electron chi connectivity index (χ0n) is 11.7. The van der Waals surface area contributed by atoms with Gasteiger partial charge in [0.15, 0.2) is 0 Å². The fraction of sp³-hybridized carbons (Fsp3) is 0.462. The van der Waals surface area contributed by atoms with Gasteiger partial charge < -0.3 is 16.8 Å². The number of nitrogens with zero attached hydrogens (tertiary/aromatic N) is 1. The third kappa shape index (κ3) is 3.67. The number of nitrogens with two attached hydrogens (primary N) is 2. The molecule has 0 aromatic heterocycles. The highest BCUT2D eigenvalue weighted by molar-refractivity contribution is 5.94. The number of anilines is 1. The van der Waals surface area contributed by atoms with Crippen molar-refractivity contribution in [3.8, 4) is 0 Å². The molecule has 0 saturated heterocycles. The molecule has 0 heterocycles. The molecule has 5 N–H and O–H groups in total. The molecule has 7 heteroatoms. The Kier molecular flexibility index (Phi) is 5.04. The molecule has 110 valence electrons. The molecule has 1 aromatic rings. The standard InChI is InChI=1S/C13H20N4O3/c1-3-13(15,4-2)8-16-10-7-9(12(14)18)5-6-11(10)17(19)20/h5-7,16H,3-4,8,15H2,1-2H3,(H2,14,18). The number of nitro groups is 1. The highest BCUT2D eigenvalue weighted by atomic mass is 16.6. The van der Waals surface area contributed by atoms with Gasteiger partial charge in [-0.3, -0.25) is 14.9 Å². The normalized spacial score (nSPS) is 11.2. The van der Waals surface area contributed by atoms with Gasteiger partial charge in [0.05, 0.1) is 4.92 Å². The van der Waals surface area contributed by atoms with Crippen molar-refractivity contribution in [1.82, 2.24) is 0 Å². The molecule has 0 saturated carbocycles. The molecule has 0 aliphatic heterocycles. The molecule has 1 aromatic carbocycles. The van der Waals surface area contributed by atoms with Crippen molar-refractivity contribution >= 4 is 17.3 Å². The first kappa shape index (κ1) is 15.9. The second-order valence-corrected chi connectivity index (χ2v) is 4.78. The van der Waals surface area contributed by atoms with E-state index in [0.29, 0.717) is 6.54 Å². The van der Waals surface area contributed by atoms with Crippen molar-refractivity contribution in [2.45, 2.75) is 32.2 Å². The number of amides is 1. The van der Waals surface area contributed by atoms with E-state index >= 15 is 0 Å². The molecule has 20 heavy (non-hydrogen) atoms. The van der Waals surface area contributed by atoms with Crippen LogP contribution in [0.4, 0.5) is 11.4 Å². The molecular weight excluding hydrogens is 260 g/mol. The summed E-state index contributed by atoms with van der Waals surface area (Å²) in [6, 6.07) is 3.98. The maximum absolute atomic E-state index is 11.1. The Labute approximate surface area is 117 Å². The molecule has 0 spiro atoms. The molecule has 1 amide bonds. The van der Waals surface area contributed by atoms with Gasteiger partial charge in [-0.15, -0.1) is 0 Å². The number of primary amides is 1. The van der Waals surface area contributed by atoms with E-state index in [0.717, 1.165) is 12.8 Å². The van der Waals surface area contributed by atoms with Crippen LogP contribution in [0.3, 0.4) is 0 Å². The number of carbonyl (C=O) groups excluding carboxylic acids is 1. The second-order valence-electron chi connectivity index (χ2n) is 4.78. The summed E-state index contributed by atoms with van der Waals surface area (Å²) in [5.74, 6) is -0.632. The van der Waals surface area contributed by atoms with Crippen LogP contribution in [0.5, 0.6) is 0 Å². The van der Waals surface area contributed by atoms with Crippen LogP contribution in [0.1, 0.15) is 37.0 Å². The Balaban J connectivity index is 3.05. The van der Waals surface area contributed by atoms with Gasteiger partial charge in [-0.05, 0) is 25.0 Å². The summed E-state index contributed by atoms with van der Waals surface area (Å²) in [4.78, 5) is 21.6.